The molecule has 0 spiro atoms. The number of carbonyl (C=O) groups is 1. The van der Waals surface area contributed by atoms with Gasteiger partial charge in [-0.2, -0.15) is 0 Å². The Balaban J connectivity index is 1.30. The molecule has 1 unspecified atom stereocenters. The highest BCUT2D eigenvalue weighted by Gasteiger charge is 2.54. The molecule has 0 aliphatic heterocycles. The monoisotopic (exact) mass is 426 g/mol. The molecule has 4 aliphatic rings. The Labute approximate surface area is 189 Å². The van der Waals surface area contributed by atoms with E-state index in [4.69, 9.17) is 4.52 Å². The van der Waals surface area contributed by atoms with Crippen LogP contribution in [0, 0.1) is 23.2 Å². The van der Waals surface area contributed by atoms with Gasteiger partial charge in [0.2, 0.25) is 0 Å². The molecule has 4 fully saturated rings. The molecule has 0 radical (unpaired) electrons. The van der Waals surface area contributed by atoms with Gasteiger partial charge < -0.3 is 9.84 Å². The molecule has 3 aromatic rings. The van der Waals surface area contributed by atoms with E-state index in [1.165, 1.54) is 44.1 Å². The molecule has 2 aromatic carbocycles. The van der Waals surface area contributed by atoms with Crippen LogP contribution in [-0.2, 0) is 6.42 Å². The molecule has 164 valence electrons. The summed E-state index contributed by atoms with van der Waals surface area (Å²) in [5, 5.41) is 7.46. The van der Waals surface area contributed by atoms with Gasteiger partial charge in [-0.25, -0.2) is 0 Å². The van der Waals surface area contributed by atoms with Gasteiger partial charge in [0.25, 0.3) is 5.91 Å². The van der Waals surface area contributed by atoms with Crippen LogP contribution in [0.4, 0.5) is 0 Å². The van der Waals surface area contributed by atoms with Gasteiger partial charge in [0.1, 0.15) is 5.56 Å². The minimum absolute atomic E-state index is 0.0316. The van der Waals surface area contributed by atoms with Crippen molar-refractivity contribution in [2.75, 3.05) is 0 Å². The standard InChI is InChI=1S/C28H30N2O2/c31-27(24-18-29-32-25(24)14-19-7-3-1-4-8-19)30-26(23-9-5-2-6-10-23)28-15-20-11-21(16-28)13-22(12-20)17-28/h1-10,18,20-22,26H,11-17H2,(H,30,31). The maximum atomic E-state index is 13.6. The van der Waals surface area contributed by atoms with Crippen LogP contribution in [0.25, 0.3) is 0 Å². The summed E-state index contributed by atoms with van der Waals surface area (Å²) in [4.78, 5) is 13.6. The molecule has 1 amide bonds. The van der Waals surface area contributed by atoms with Gasteiger partial charge >= 0.3 is 0 Å². The Bertz CT molecular complexity index is 1050. The fourth-order valence-electron chi connectivity index (χ4n) is 7.33. The first-order valence-electron chi connectivity index (χ1n) is 12.0. The first-order valence-corrected chi connectivity index (χ1v) is 12.0. The van der Waals surface area contributed by atoms with E-state index in [1.807, 2.05) is 30.3 Å². The van der Waals surface area contributed by atoms with E-state index in [0.717, 1.165) is 23.3 Å². The maximum absolute atomic E-state index is 13.6. The van der Waals surface area contributed by atoms with Crippen molar-refractivity contribution in [3.8, 4) is 0 Å². The van der Waals surface area contributed by atoms with E-state index < -0.39 is 0 Å². The number of amides is 1. The number of nitrogens with zero attached hydrogens (tertiary/aromatic N) is 1. The lowest BCUT2D eigenvalue weighted by Crippen LogP contribution is -2.52. The minimum Gasteiger partial charge on any atom is -0.360 e. The molecule has 1 atom stereocenters. The Morgan fingerprint density at radius 3 is 2.16 bits per heavy atom. The highest BCUT2D eigenvalue weighted by atomic mass is 16.5. The topological polar surface area (TPSA) is 55.1 Å². The van der Waals surface area contributed by atoms with Gasteiger partial charge in [-0.3, -0.25) is 4.79 Å². The zero-order chi connectivity index (χ0) is 21.5. The van der Waals surface area contributed by atoms with Crippen molar-refractivity contribution >= 4 is 5.91 Å². The minimum atomic E-state index is -0.0678. The number of rotatable bonds is 6. The van der Waals surface area contributed by atoms with Crippen molar-refractivity contribution in [2.45, 2.75) is 51.0 Å². The first-order chi connectivity index (χ1) is 15.7. The normalized spacial score (nSPS) is 29.1. The Morgan fingerprint density at radius 1 is 0.938 bits per heavy atom. The zero-order valence-corrected chi connectivity index (χ0v) is 18.4. The van der Waals surface area contributed by atoms with E-state index in [-0.39, 0.29) is 17.4 Å². The third kappa shape index (κ3) is 3.56. The molecule has 4 heteroatoms. The van der Waals surface area contributed by atoms with Crippen LogP contribution in [0.5, 0.6) is 0 Å². The highest BCUT2D eigenvalue weighted by Crippen LogP contribution is 2.64. The molecule has 4 nitrogen and oxygen atoms in total. The summed E-state index contributed by atoms with van der Waals surface area (Å²) in [6.45, 7) is 0. The number of aromatic nitrogens is 1. The molecular formula is C28H30N2O2. The quantitative estimate of drug-likeness (QED) is 0.530. The highest BCUT2D eigenvalue weighted by molar-refractivity contribution is 5.95. The fraction of sp³-hybridized carbons (Fsp3) is 0.429. The smallest absolute Gasteiger partial charge is 0.257 e. The molecule has 1 aromatic heterocycles. The lowest BCUT2D eigenvalue weighted by atomic mass is 9.47. The van der Waals surface area contributed by atoms with Gasteiger partial charge in [0, 0.05) is 6.42 Å². The summed E-state index contributed by atoms with van der Waals surface area (Å²) < 4.78 is 5.52. The van der Waals surface area contributed by atoms with Crippen LogP contribution in [-0.4, -0.2) is 11.1 Å². The number of benzene rings is 2. The largest absolute Gasteiger partial charge is 0.360 e. The van der Waals surface area contributed by atoms with Crippen LogP contribution >= 0.6 is 0 Å². The first kappa shape index (κ1) is 19.8. The maximum Gasteiger partial charge on any atom is 0.257 e. The van der Waals surface area contributed by atoms with Crippen LogP contribution in [0.1, 0.15) is 71.8 Å². The van der Waals surface area contributed by atoms with E-state index in [9.17, 15) is 4.79 Å². The second kappa shape index (κ2) is 7.91. The second-order valence-corrected chi connectivity index (χ2v) is 10.4. The molecule has 1 N–H and O–H groups in total. The zero-order valence-electron chi connectivity index (χ0n) is 18.4. The number of carbonyl (C=O) groups excluding carboxylic acids is 1. The summed E-state index contributed by atoms with van der Waals surface area (Å²) >= 11 is 0. The van der Waals surface area contributed by atoms with E-state index >= 15 is 0 Å². The molecule has 32 heavy (non-hydrogen) atoms. The predicted molar refractivity (Wildman–Crippen MR) is 123 cm³/mol. The summed E-state index contributed by atoms with van der Waals surface area (Å²) in [6.07, 6.45) is 10.0. The van der Waals surface area contributed by atoms with Crippen molar-refractivity contribution in [1.29, 1.82) is 0 Å². The van der Waals surface area contributed by atoms with Crippen molar-refractivity contribution in [3.63, 3.8) is 0 Å². The van der Waals surface area contributed by atoms with Crippen LogP contribution in [0.3, 0.4) is 0 Å². The van der Waals surface area contributed by atoms with Crippen LogP contribution in [0.2, 0.25) is 0 Å². The molecule has 1 heterocycles. The lowest BCUT2D eigenvalue weighted by Gasteiger charge is -2.59. The Hall–Kier alpha value is -2.88. The molecule has 7 rings (SSSR count). The third-order valence-corrected chi connectivity index (χ3v) is 8.20. The van der Waals surface area contributed by atoms with Gasteiger partial charge in [0.15, 0.2) is 5.76 Å². The molecule has 4 bridgehead atoms. The van der Waals surface area contributed by atoms with Crippen LogP contribution < -0.4 is 5.32 Å². The SMILES string of the molecule is O=C(NC(c1ccccc1)C12CC3CC(CC(C3)C1)C2)c1cnoc1Cc1ccccc1. The van der Waals surface area contributed by atoms with Gasteiger partial charge in [0.05, 0.1) is 12.2 Å². The summed E-state index contributed by atoms with van der Waals surface area (Å²) in [7, 11) is 0. The van der Waals surface area contributed by atoms with Gasteiger partial charge in [-0.05, 0) is 72.8 Å². The summed E-state index contributed by atoms with van der Waals surface area (Å²) in [5.74, 6) is 3.04. The molecule has 4 saturated carbocycles. The molecular weight excluding hydrogens is 396 g/mol. The van der Waals surface area contributed by atoms with Crippen molar-refractivity contribution < 1.29 is 9.32 Å². The van der Waals surface area contributed by atoms with Gasteiger partial charge in [-0.1, -0.05) is 65.8 Å². The van der Waals surface area contributed by atoms with E-state index in [1.54, 1.807) is 6.20 Å². The summed E-state index contributed by atoms with van der Waals surface area (Å²) in [5.41, 5.74) is 3.06. The van der Waals surface area contributed by atoms with Crippen molar-refractivity contribution in [1.82, 2.24) is 10.5 Å². The van der Waals surface area contributed by atoms with Crippen LogP contribution in [0.15, 0.2) is 71.4 Å². The number of hydrogen-bond acceptors (Lipinski definition) is 3. The van der Waals surface area contributed by atoms with E-state index in [2.05, 4.69) is 40.8 Å². The third-order valence-electron chi connectivity index (χ3n) is 8.20. The van der Waals surface area contributed by atoms with Crippen molar-refractivity contribution in [3.05, 3.63) is 89.3 Å². The number of nitrogens with one attached hydrogen (secondary N) is 1. The molecule has 0 saturated heterocycles. The lowest BCUT2D eigenvalue weighted by molar-refractivity contribution is -0.0732. The molecule has 4 aliphatic carbocycles. The average Bonchev–Trinajstić information content (AvgIpc) is 3.26. The van der Waals surface area contributed by atoms with Gasteiger partial charge in [-0.15, -0.1) is 0 Å². The average molecular weight is 427 g/mol. The fourth-order valence-corrected chi connectivity index (χ4v) is 7.33. The van der Waals surface area contributed by atoms with E-state index in [0.29, 0.717) is 17.7 Å². The Morgan fingerprint density at radius 2 is 1.53 bits per heavy atom. The second-order valence-electron chi connectivity index (χ2n) is 10.4. The Kier molecular flexibility index (Phi) is 4.89. The predicted octanol–water partition coefficient (Wildman–Crippen LogP) is 5.95. The summed E-state index contributed by atoms with van der Waals surface area (Å²) in [6, 6.07) is 20.7. The van der Waals surface area contributed by atoms with Crippen molar-refractivity contribution in [2.24, 2.45) is 23.2 Å². The number of hydrogen-bond donors (Lipinski definition) is 1.